The first-order chi connectivity index (χ1) is 34.6. The largest absolute Gasteiger partial charge is 0.394 e. The molecule has 2 rings (SSSR count). The second kappa shape index (κ2) is 43.0. The van der Waals surface area contributed by atoms with Gasteiger partial charge in [0.05, 0.1) is 32.0 Å². The van der Waals surface area contributed by atoms with Crippen LogP contribution in [0.25, 0.3) is 0 Å². The number of ether oxygens (including phenoxy) is 4. The van der Waals surface area contributed by atoms with Gasteiger partial charge in [-0.05, 0) is 57.8 Å². The molecule has 2 saturated heterocycles. The second-order valence-electron chi connectivity index (χ2n) is 19.7. The minimum absolute atomic E-state index is 0.216. The molecule has 1 amide bonds. The molecule has 12 atom stereocenters. The lowest BCUT2D eigenvalue weighted by molar-refractivity contribution is -0.359. The summed E-state index contributed by atoms with van der Waals surface area (Å²) in [4.78, 5) is 13.2. The highest BCUT2D eigenvalue weighted by Crippen LogP contribution is 2.30. The molecule has 14 nitrogen and oxygen atoms in total. The first-order valence-corrected chi connectivity index (χ1v) is 28.0. The molecular formula is C57H101NO13. The summed E-state index contributed by atoms with van der Waals surface area (Å²) in [7, 11) is 0. The zero-order chi connectivity index (χ0) is 51.7. The molecule has 9 N–H and O–H groups in total. The van der Waals surface area contributed by atoms with E-state index in [0.29, 0.717) is 19.3 Å². The van der Waals surface area contributed by atoms with Gasteiger partial charge in [0, 0.05) is 6.42 Å². The zero-order valence-electron chi connectivity index (χ0n) is 43.9. The number of amides is 1. The zero-order valence-corrected chi connectivity index (χ0v) is 43.9. The van der Waals surface area contributed by atoms with Gasteiger partial charge in [-0.15, -0.1) is 0 Å². The van der Waals surface area contributed by atoms with E-state index in [9.17, 15) is 45.6 Å². The van der Waals surface area contributed by atoms with Gasteiger partial charge in [0.15, 0.2) is 12.6 Å². The van der Waals surface area contributed by atoms with Gasteiger partial charge in [-0.3, -0.25) is 4.79 Å². The molecule has 2 aliphatic rings. The van der Waals surface area contributed by atoms with Crippen LogP contribution >= 0.6 is 0 Å². The van der Waals surface area contributed by atoms with Crippen LogP contribution in [0.4, 0.5) is 0 Å². The molecule has 14 heteroatoms. The van der Waals surface area contributed by atoms with E-state index in [2.05, 4.69) is 79.9 Å². The van der Waals surface area contributed by atoms with Gasteiger partial charge in [0.1, 0.15) is 48.8 Å². The van der Waals surface area contributed by atoms with Gasteiger partial charge >= 0.3 is 0 Å². The maximum absolute atomic E-state index is 13.2. The number of carbonyl (C=O) groups excluding carboxylic acids is 1. The van der Waals surface area contributed by atoms with Crippen LogP contribution in [0.1, 0.15) is 200 Å². The average Bonchev–Trinajstić information content (AvgIpc) is 3.37. The first kappa shape index (κ1) is 64.8. The van der Waals surface area contributed by atoms with Crippen LogP contribution in [0, 0.1) is 0 Å². The Bertz CT molecular complexity index is 1420. The minimum Gasteiger partial charge on any atom is -0.394 e. The first-order valence-electron chi connectivity index (χ1n) is 28.0. The smallest absolute Gasteiger partial charge is 0.220 e. The fourth-order valence-corrected chi connectivity index (χ4v) is 8.97. The Morgan fingerprint density at radius 1 is 0.521 bits per heavy atom. The van der Waals surface area contributed by atoms with E-state index in [4.69, 9.17) is 18.9 Å². The van der Waals surface area contributed by atoms with Crippen molar-refractivity contribution in [2.75, 3.05) is 19.8 Å². The lowest BCUT2D eigenvalue weighted by Crippen LogP contribution is -2.65. The number of aliphatic hydroxyl groups is 8. The molecule has 0 aromatic rings. The van der Waals surface area contributed by atoms with E-state index in [1.54, 1.807) is 0 Å². The Hall–Kier alpha value is -2.31. The normalized spacial score (nSPS) is 26.2. The standard InChI is InChI=1S/C57H101NO13/c1-3-5-7-9-11-13-15-17-18-19-20-21-22-23-24-25-26-27-28-29-31-33-35-37-39-41-49(62)58-45(46(61)40-38-36-34-32-30-16-14-12-10-8-6-4-2)44-68-56-54(67)52(65)55(48(43-60)70-56)71-57-53(66)51(64)50(63)47(42-59)69-57/h5,7,11,13,17-18,20-21,23-24,45-48,50-57,59-61,63-67H,3-4,6,8-10,12,14-16,19,22,25-44H2,1-2H3,(H,58,62)/b7-5-,13-11-,18-17-,21-20-,24-23-. The molecule has 2 fully saturated rings. The molecule has 0 bridgehead atoms. The van der Waals surface area contributed by atoms with Gasteiger partial charge in [0.2, 0.25) is 5.91 Å². The van der Waals surface area contributed by atoms with Crippen molar-refractivity contribution in [3.05, 3.63) is 60.8 Å². The third-order valence-corrected chi connectivity index (χ3v) is 13.5. The summed E-state index contributed by atoms with van der Waals surface area (Å²) >= 11 is 0. The molecule has 0 aromatic heterocycles. The number of hydrogen-bond acceptors (Lipinski definition) is 13. The van der Waals surface area contributed by atoms with Gasteiger partial charge in [-0.1, -0.05) is 197 Å². The molecule has 0 spiro atoms. The summed E-state index contributed by atoms with van der Waals surface area (Å²) in [5.41, 5.74) is 0. The highest BCUT2D eigenvalue weighted by molar-refractivity contribution is 5.76. The third-order valence-electron chi connectivity index (χ3n) is 13.5. The number of nitrogens with one attached hydrogen (secondary N) is 1. The van der Waals surface area contributed by atoms with E-state index in [1.165, 1.54) is 83.5 Å². The van der Waals surface area contributed by atoms with E-state index in [1.807, 2.05) is 0 Å². The number of allylic oxidation sites excluding steroid dienone is 10. The van der Waals surface area contributed by atoms with Crippen molar-refractivity contribution in [2.24, 2.45) is 0 Å². The van der Waals surface area contributed by atoms with E-state index < -0.39 is 86.8 Å². The van der Waals surface area contributed by atoms with Gasteiger partial charge in [-0.25, -0.2) is 0 Å². The molecule has 0 aliphatic carbocycles. The molecule has 412 valence electrons. The number of carbonyl (C=O) groups is 1. The predicted molar refractivity (Wildman–Crippen MR) is 281 cm³/mol. The van der Waals surface area contributed by atoms with Crippen molar-refractivity contribution in [1.82, 2.24) is 5.32 Å². The summed E-state index contributed by atoms with van der Waals surface area (Å²) in [6.07, 6.45) is 36.5. The van der Waals surface area contributed by atoms with Crippen molar-refractivity contribution in [3.63, 3.8) is 0 Å². The minimum atomic E-state index is -1.78. The van der Waals surface area contributed by atoms with Crippen molar-refractivity contribution >= 4 is 5.91 Å². The average molecular weight is 1010 g/mol. The fourth-order valence-electron chi connectivity index (χ4n) is 8.97. The quantitative estimate of drug-likeness (QED) is 0.0206. The molecule has 0 radical (unpaired) electrons. The highest BCUT2D eigenvalue weighted by Gasteiger charge is 2.51. The maximum atomic E-state index is 13.2. The monoisotopic (exact) mass is 1010 g/mol. The summed E-state index contributed by atoms with van der Waals surface area (Å²) in [5.74, 6) is -0.216. The molecule has 71 heavy (non-hydrogen) atoms. The van der Waals surface area contributed by atoms with Crippen LogP contribution in [0.15, 0.2) is 60.8 Å². The SMILES string of the molecule is CC/C=C\C/C=C\C/C=C\C/C=C\C/C=C\CCCCCCCCCCCC(=O)NC(COC1OC(CO)C(OC2OC(CO)C(O)C(O)C2O)C(O)C1O)C(O)CCCCCCCCCCCCCC. The van der Waals surface area contributed by atoms with Crippen LogP contribution in [0.3, 0.4) is 0 Å². The summed E-state index contributed by atoms with van der Waals surface area (Å²) < 4.78 is 22.8. The van der Waals surface area contributed by atoms with E-state index in [0.717, 1.165) is 83.5 Å². The Labute approximate surface area is 428 Å². The molecule has 0 aromatic carbocycles. The Morgan fingerprint density at radius 2 is 0.972 bits per heavy atom. The number of hydrogen-bond donors (Lipinski definition) is 9. The van der Waals surface area contributed by atoms with E-state index >= 15 is 0 Å². The summed E-state index contributed by atoms with van der Waals surface area (Å²) in [6.45, 7) is 2.72. The lowest BCUT2D eigenvalue weighted by Gasteiger charge is -2.46. The summed E-state index contributed by atoms with van der Waals surface area (Å²) in [6, 6.07) is -0.834. The molecular weight excluding hydrogens is 907 g/mol. The molecule has 0 saturated carbocycles. The van der Waals surface area contributed by atoms with Crippen LogP contribution in [0.2, 0.25) is 0 Å². The van der Waals surface area contributed by atoms with Crippen molar-refractivity contribution in [3.8, 4) is 0 Å². The van der Waals surface area contributed by atoms with Crippen LogP contribution in [0.5, 0.6) is 0 Å². The molecule has 2 heterocycles. The number of rotatable bonds is 43. The van der Waals surface area contributed by atoms with Crippen LogP contribution in [-0.2, 0) is 23.7 Å². The third kappa shape index (κ3) is 29.4. The van der Waals surface area contributed by atoms with Crippen molar-refractivity contribution in [1.29, 1.82) is 0 Å². The van der Waals surface area contributed by atoms with E-state index in [-0.39, 0.29) is 12.5 Å². The van der Waals surface area contributed by atoms with Gasteiger partial charge in [-0.2, -0.15) is 0 Å². The van der Waals surface area contributed by atoms with Gasteiger partial charge < -0.3 is 65.1 Å². The highest BCUT2D eigenvalue weighted by atomic mass is 16.7. The van der Waals surface area contributed by atoms with Crippen LogP contribution < -0.4 is 5.32 Å². The second-order valence-corrected chi connectivity index (χ2v) is 19.7. The Kier molecular flexibility index (Phi) is 39.2. The Morgan fingerprint density at radius 3 is 1.49 bits per heavy atom. The summed E-state index contributed by atoms with van der Waals surface area (Å²) in [5, 5.41) is 87.0. The Balaban J connectivity index is 1.74. The maximum Gasteiger partial charge on any atom is 0.220 e. The molecule has 12 unspecified atom stereocenters. The topological polar surface area (TPSA) is 228 Å². The predicted octanol–water partition coefficient (Wildman–Crippen LogP) is 8.61. The number of unbranched alkanes of at least 4 members (excludes halogenated alkanes) is 20. The van der Waals surface area contributed by atoms with Crippen molar-refractivity contribution in [2.45, 2.75) is 274 Å². The van der Waals surface area contributed by atoms with Crippen molar-refractivity contribution < 1.29 is 64.6 Å². The van der Waals surface area contributed by atoms with Crippen LogP contribution in [-0.4, -0.2) is 140 Å². The molecule has 2 aliphatic heterocycles. The van der Waals surface area contributed by atoms with Gasteiger partial charge in [0.25, 0.3) is 0 Å². The lowest BCUT2D eigenvalue weighted by atomic mass is 9.97. The fraction of sp³-hybridized carbons (Fsp3) is 0.807. The number of aliphatic hydroxyl groups excluding tert-OH is 8.